The summed E-state index contributed by atoms with van der Waals surface area (Å²) in [6.45, 7) is 4.23. The lowest BCUT2D eigenvalue weighted by Gasteiger charge is -2.32. The van der Waals surface area contributed by atoms with E-state index in [1.165, 1.54) is 12.1 Å². The molecule has 3 aromatic carbocycles. The molecule has 7 heteroatoms. The molecule has 0 radical (unpaired) electrons. The molecular weight excluding hydrogens is 465 g/mol. The summed E-state index contributed by atoms with van der Waals surface area (Å²) in [7, 11) is 0. The van der Waals surface area contributed by atoms with Crippen LogP contribution in [0, 0.1) is 11.7 Å². The smallest absolute Gasteiger partial charge is 0.253 e. The van der Waals surface area contributed by atoms with Gasteiger partial charge in [-0.3, -0.25) is 4.79 Å². The molecule has 1 aromatic heterocycles. The maximum Gasteiger partial charge on any atom is 0.253 e. The zero-order valence-electron chi connectivity index (χ0n) is 21.1. The fraction of sp³-hybridized carbons (Fsp3) is 0.333. The lowest BCUT2D eigenvalue weighted by Crippen LogP contribution is -2.39. The number of likely N-dealkylation sites (tertiary alicyclic amines) is 1. The summed E-state index contributed by atoms with van der Waals surface area (Å²) in [4.78, 5) is 19.7. The summed E-state index contributed by atoms with van der Waals surface area (Å²) in [5.74, 6) is 1.43. The minimum atomic E-state index is -0.214. The van der Waals surface area contributed by atoms with Crippen LogP contribution < -0.4 is 11.1 Å². The van der Waals surface area contributed by atoms with E-state index in [4.69, 9.17) is 10.7 Å². The molecule has 37 heavy (non-hydrogen) atoms. The third-order valence-electron chi connectivity index (χ3n) is 7.39. The average molecular weight is 500 g/mol. The van der Waals surface area contributed by atoms with Gasteiger partial charge < -0.3 is 20.5 Å². The number of nitrogen functional groups attached to an aromatic ring is 1. The molecule has 0 saturated carbocycles. The molecule has 6 nitrogen and oxygen atoms in total. The van der Waals surface area contributed by atoms with Gasteiger partial charge in [-0.15, -0.1) is 0 Å². The Morgan fingerprint density at radius 2 is 1.73 bits per heavy atom. The van der Waals surface area contributed by atoms with Crippen molar-refractivity contribution in [1.82, 2.24) is 19.8 Å². The second-order valence-electron chi connectivity index (χ2n) is 9.90. The Labute approximate surface area is 217 Å². The number of aryl methyl sites for hydroxylation is 1. The van der Waals surface area contributed by atoms with Gasteiger partial charge in [0.15, 0.2) is 0 Å². The van der Waals surface area contributed by atoms with E-state index in [9.17, 15) is 9.18 Å². The number of nitrogens with one attached hydrogen (secondary N) is 1. The number of imidazole rings is 1. The van der Waals surface area contributed by atoms with E-state index in [0.717, 1.165) is 67.7 Å². The number of anilines is 1. The number of hydrogen-bond acceptors (Lipinski definition) is 4. The van der Waals surface area contributed by atoms with E-state index in [1.807, 2.05) is 36.4 Å². The normalized spacial score (nSPS) is 14.7. The van der Waals surface area contributed by atoms with Crippen LogP contribution in [0.2, 0.25) is 0 Å². The topological polar surface area (TPSA) is 76.2 Å². The van der Waals surface area contributed by atoms with Gasteiger partial charge in [0.1, 0.15) is 11.6 Å². The molecule has 0 atom stereocenters. The molecule has 3 N–H and O–H groups in total. The van der Waals surface area contributed by atoms with Crippen LogP contribution in [0.1, 0.15) is 41.0 Å². The number of hydrogen-bond donors (Lipinski definition) is 2. The van der Waals surface area contributed by atoms with E-state index in [0.29, 0.717) is 30.3 Å². The SMILES string of the molecule is Nc1ccccc1C(=O)NCCN1CCC(CCc2nc3ccccc3n2Cc2ccc(F)cc2)CC1. The fourth-order valence-electron chi connectivity index (χ4n) is 5.22. The third kappa shape index (κ3) is 6.17. The monoisotopic (exact) mass is 499 g/mol. The van der Waals surface area contributed by atoms with E-state index >= 15 is 0 Å². The van der Waals surface area contributed by atoms with E-state index < -0.39 is 0 Å². The van der Waals surface area contributed by atoms with Crippen LogP contribution in [-0.4, -0.2) is 46.5 Å². The Hall–Kier alpha value is -3.71. The first-order valence-electron chi connectivity index (χ1n) is 13.1. The first-order valence-corrected chi connectivity index (χ1v) is 13.1. The Balaban J connectivity index is 1.12. The van der Waals surface area contributed by atoms with Crippen LogP contribution in [0.15, 0.2) is 72.8 Å². The molecule has 0 aliphatic carbocycles. The number of carbonyl (C=O) groups excluding carboxylic acids is 1. The van der Waals surface area contributed by atoms with Gasteiger partial charge in [0, 0.05) is 31.7 Å². The highest BCUT2D eigenvalue weighted by atomic mass is 19.1. The molecule has 4 aromatic rings. The summed E-state index contributed by atoms with van der Waals surface area (Å²) < 4.78 is 15.7. The van der Waals surface area contributed by atoms with Crippen molar-refractivity contribution < 1.29 is 9.18 Å². The van der Waals surface area contributed by atoms with Crippen molar-refractivity contribution >= 4 is 22.6 Å². The van der Waals surface area contributed by atoms with Gasteiger partial charge in [-0.05, 0) is 80.2 Å². The Bertz CT molecular complexity index is 1340. The summed E-state index contributed by atoms with van der Waals surface area (Å²) in [5.41, 5.74) is 10.1. The molecule has 192 valence electrons. The van der Waals surface area contributed by atoms with Crippen molar-refractivity contribution in [2.75, 3.05) is 31.9 Å². The fourth-order valence-corrected chi connectivity index (χ4v) is 5.22. The molecule has 5 rings (SSSR count). The molecule has 2 heterocycles. The highest BCUT2D eigenvalue weighted by Crippen LogP contribution is 2.25. The van der Waals surface area contributed by atoms with Crippen molar-refractivity contribution in [3.8, 4) is 0 Å². The standard InChI is InChI=1S/C30H34FN5O/c31-24-12-9-23(10-13-24)21-36-28-8-4-3-7-27(28)34-29(36)14-11-22-15-18-35(19-16-22)20-17-33-30(37)25-5-1-2-6-26(25)32/h1-10,12-13,22H,11,14-21,32H2,(H,33,37). The summed E-state index contributed by atoms with van der Waals surface area (Å²) in [6.07, 6.45) is 4.33. The number of para-hydroxylation sites is 3. The van der Waals surface area contributed by atoms with Crippen LogP contribution in [-0.2, 0) is 13.0 Å². The second-order valence-corrected chi connectivity index (χ2v) is 9.90. The number of carbonyl (C=O) groups is 1. The number of nitrogens with zero attached hydrogens (tertiary/aromatic N) is 3. The minimum Gasteiger partial charge on any atom is -0.398 e. The largest absolute Gasteiger partial charge is 0.398 e. The van der Waals surface area contributed by atoms with Gasteiger partial charge >= 0.3 is 0 Å². The lowest BCUT2D eigenvalue weighted by molar-refractivity contribution is 0.0944. The summed E-state index contributed by atoms with van der Waals surface area (Å²) in [6, 6.07) is 22.1. The lowest BCUT2D eigenvalue weighted by atomic mass is 9.92. The predicted molar refractivity (Wildman–Crippen MR) is 146 cm³/mol. The van der Waals surface area contributed by atoms with E-state index in [-0.39, 0.29) is 11.7 Å². The van der Waals surface area contributed by atoms with Crippen molar-refractivity contribution in [3.63, 3.8) is 0 Å². The van der Waals surface area contributed by atoms with Gasteiger partial charge in [0.25, 0.3) is 5.91 Å². The number of piperidine rings is 1. The molecule has 1 fully saturated rings. The molecule has 1 saturated heterocycles. The zero-order chi connectivity index (χ0) is 25.6. The maximum absolute atomic E-state index is 13.4. The van der Waals surface area contributed by atoms with Crippen LogP contribution in [0.5, 0.6) is 0 Å². The Kier molecular flexibility index (Phi) is 7.80. The number of aromatic nitrogens is 2. The first-order chi connectivity index (χ1) is 18.1. The number of benzene rings is 3. The Morgan fingerprint density at radius 1 is 1.00 bits per heavy atom. The summed E-state index contributed by atoms with van der Waals surface area (Å²) in [5, 5.41) is 2.99. The molecule has 1 amide bonds. The molecular formula is C30H34FN5O. The van der Waals surface area contributed by atoms with E-state index in [2.05, 4.69) is 26.9 Å². The molecule has 0 bridgehead atoms. The van der Waals surface area contributed by atoms with E-state index in [1.54, 1.807) is 12.1 Å². The van der Waals surface area contributed by atoms with Gasteiger partial charge in [0.2, 0.25) is 0 Å². The number of amides is 1. The third-order valence-corrected chi connectivity index (χ3v) is 7.39. The van der Waals surface area contributed by atoms with Crippen LogP contribution in [0.4, 0.5) is 10.1 Å². The highest BCUT2D eigenvalue weighted by molar-refractivity contribution is 5.99. The highest BCUT2D eigenvalue weighted by Gasteiger charge is 2.21. The maximum atomic E-state index is 13.4. The van der Waals surface area contributed by atoms with Crippen LogP contribution in [0.3, 0.4) is 0 Å². The Morgan fingerprint density at radius 3 is 2.51 bits per heavy atom. The molecule has 0 spiro atoms. The van der Waals surface area contributed by atoms with Crippen molar-refractivity contribution in [3.05, 3.63) is 95.6 Å². The number of rotatable bonds is 9. The van der Waals surface area contributed by atoms with Gasteiger partial charge in [-0.25, -0.2) is 9.37 Å². The van der Waals surface area contributed by atoms with Gasteiger partial charge in [0.05, 0.1) is 16.6 Å². The minimum absolute atomic E-state index is 0.114. The van der Waals surface area contributed by atoms with Crippen LogP contribution in [0.25, 0.3) is 11.0 Å². The first kappa shape index (κ1) is 25.0. The van der Waals surface area contributed by atoms with Crippen LogP contribution >= 0.6 is 0 Å². The van der Waals surface area contributed by atoms with Crippen molar-refractivity contribution in [1.29, 1.82) is 0 Å². The quantitative estimate of drug-likeness (QED) is 0.322. The van der Waals surface area contributed by atoms with Gasteiger partial charge in [-0.1, -0.05) is 36.4 Å². The number of fused-ring (bicyclic) bond motifs is 1. The number of halogens is 1. The summed E-state index contributed by atoms with van der Waals surface area (Å²) >= 11 is 0. The van der Waals surface area contributed by atoms with Gasteiger partial charge in [-0.2, -0.15) is 0 Å². The van der Waals surface area contributed by atoms with Crippen molar-refractivity contribution in [2.45, 2.75) is 32.2 Å². The molecule has 1 aliphatic rings. The molecule has 0 unspecified atom stereocenters. The van der Waals surface area contributed by atoms with Crippen molar-refractivity contribution in [2.24, 2.45) is 5.92 Å². The molecule has 1 aliphatic heterocycles. The average Bonchev–Trinajstić information content (AvgIpc) is 3.27. The predicted octanol–water partition coefficient (Wildman–Crippen LogP) is 4.88. The second kappa shape index (κ2) is 11.6. The number of nitrogens with two attached hydrogens (primary N) is 1. The zero-order valence-corrected chi connectivity index (χ0v) is 21.1.